The lowest BCUT2D eigenvalue weighted by Gasteiger charge is -2.19. The molecular weight excluding hydrogens is 414 g/mol. The van der Waals surface area contributed by atoms with Crippen LogP contribution >= 0.6 is 0 Å². The zero-order valence-corrected chi connectivity index (χ0v) is 19.2. The highest BCUT2D eigenvalue weighted by atomic mass is 32.2. The molecule has 0 aliphatic heterocycles. The molecule has 31 heavy (non-hydrogen) atoms. The standard InChI is InChI=1S/C23H27N3O4S/c1-16-13-21(18(3)26(16)17(2)19-9-7-6-8-10-19)22(27)15-25-14-20(11-12-23(25)28)31(29,30)24(4)5/h6-14,17H,15H2,1-5H3/t17-/m0/s1. The summed E-state index contributed by atoms with van der Waals surface area (Å²) in [5.74, 6) is -0.249. The lowest BCUT2D eigenvalue weighted by molar-refractivity contribution is 0.0969. The minimum Gasteiger partial charge on any atom is -0.341 e. The molecule has 2 aromatic heterocycles. The summed E-state index contributed by atoms with van der Waals surface area (Å²) in [5, 5.41) is 0. The van der Waals surface area contributed by atoms with Gasteiger partial charge in [0.25, 0.3) is 5.56 Å². The molecule has 0 unspecified atom stereocenters. The number of pyridine rings is 1. The number of nitrogens with zero attached hydrogens (tertiary/aromatic N) is 3. The van der Waals surface area contributed by atoms with Crippen LogP contribution in [0.3, 0.4) is 0 Å². The maximum absolute atomic E-state index is 13.1. The van der Waals surface area contributed by atoms with Crippen LogP contribution in [0.5, 0.6) is 0 Å². The van der Waals surface area contributed by atoms with Gasteiger partial charge in [0.05, 0.1) is 17.5 Å². The summed E-state index contributed by atoms with van der Waals surface area (Å²) >= 11 is 0. The van der Waals surface area contributed by atoms with Crippen LogP contribution in [0.4, 0.5) is 0 Å². The molecule has 0 saturated heterocycles. The summed E-state index contributed by atoms with van der Waals surface area (Å²) in [4.78, 5) is 25.3. The van der Waals surface area contributed by atoms with E-state index in [1.165, 1.54) is 32.4 Å². The number of aryl methyl sites for hydroxylation is 1. The molecule has 8 heteroatoms. The van der Waals surface area contributed by atoms with Gasteiger partial charge in [0.2, 0.25) is 10.0 Å². The van der Waals surface area contributed by atoms with Crippen molar-refractivity contribution in [3.05, 3.63) is 87.6 Å². The second kappa shape index (κ2) is 8.64. The average Bonchev–Trinajstić information content (AvgIpc) is 3.03. The number of sulfonamides is 1. The Morgan fingerprint density at radius 1 is 1.06 bits per heavy atom. The molecule has 164 valence electrons. The quantitative estimate of drug-likeness (QED) is 0.528. The van der Waals surface area contributed by atoms with Crippen molar-refractivity contribution in [3.8, 4) is 0 Å². The van der Waals surface area contributed by atoms with E-state index in [0.717, 1.165) is 25.8 Å². The van der Waals surface area contributed by atoms with Crippen molar-refractivity contribution in [1.82, 2.24) is 13.4 Å². The normalized spacial score (nSPS) is 12.8. The molecule has 1 aromatic carbocycles. The SMILES string of the molecule is Cc1cc(C(=O)Cn2cc(S(=O)(=O)N(C)C)ccc2=O)c(C)n1[C@@H](C)c1ccccc1. The first-order chi connectivity index (χ1) is 14.5. The van der Waals surface area contributed by atoms with Gasteiger partial charge in [-0.15, -0.1) is 0 Å². The van der Waals surface area contributed by atoms with E-state index >= 15 is 0 Å². The average molecular weight is 442 g/mol. The van der Waals surface area contributed by atoms with Gasteiger partial charge >= 0.3 is 0 Å². The van der Waals surface area contributed by atoms with E-state index in [2.05, 4.69) is 11.5 Å². The van der Waals surface area contributed by atoms with Crippen LogP contribution in [0.15, 0.2) is 64.4 Å². The van der Waals surface area contributed by atoms with Crippen molar-refractivity contribution in [2.24, 2.45) is 0 Å². The fraction of sp³-hybridized carbons (Fsp3) is 0.304. The Morgan fingerprint density at radius 3 is 2.32 bits per heavy atom. The van der Waals surface area contributed by atoms with E-state index in [1.807, 2.05) is 50.2 Å². The van der Waals surface area contributed by atoms with Gasteiger partial charge < -0.3 is 9.13 Å². The summed E-state index contributed by atoms with van der Waals surface area (Å²) in [7, 11) is -0.880. The van der Waals surface area contributed by atoms with Gasteiger partial charge in [0.15, 0.2) is 5.78 Å². The molecule has 0 fully saturated rings. The van der Waals surface area contributed by atoms with Crippen LogP contribution in [-0.4, -0.2) is 41.7 Å². The maximum atomic E-state index is 13.1. The first-order valence-corrected chi connectivity index (χ1v) is 11.4. The second-order valence-electron chi connectivity index (χ2n) is 7.78. The van der Waals surface area contributed by atoms with Gasteiger partial charge in [-0.2, -0.15) is 0 Å². The van der Waals surface area contributed by atoms with E-state index in [0.29, 0.717) is 5.56 Å². The molecule has 0 spiro atoms. The Hall–Kier alpha value is -2.97. The highest BCUT2D eigenvalue weighted by Crippen LogP contribution is 2.26. The topological polar surface area (TPSA) is 81.4 Å². The fourth-order valence-electron chi connectivity index (χ4n) is 3.77. The van der Waals surface area contributed by atoms with E-state index < -0.39 is 15.6 Å². The van der Waals surface area contributed by atoms with Crippen LogP contribution in [0.2, 0.25) is 0 Å². The number of benzene rings is 1. The first-order valence-electron chi connectivity index (χ1n) is 9.93. The summed E-state index contributed by atoms with van der Waals surface area (Å²) in [5.41, 5.74) is 2.96. The van der Waals surface area contributed by atoms with Crippen LogP contribution in [-0.2, 0) is 16.6 Å². The second-order valence-corrected chi connectivity index (χ2v) is 9.93. The Labute approximate surface area is 182 Å². The molecule has 1 atom stereocenters. The third-order valence-corrected chi connectivity index (χ3v) is 7.30. The number of hydrogen-bond donors (Lipinski definition) is 0. The Bertz CT molecular complexity index is 1270. The molecular formula is C23H27N3O4S. The predicted octanol–water partition coefficient (Wildman–Crippen LogP) is 3.01. The van der Waals surface area contributed by atoms with Crippen molar-refractivity contribution < 1.29 is 13.2 Å². The largest absolute Gasteiger partial charge is 0.341 e. The fourth-order valence-corrected chi connectivity index (χ4v) is 4.69. The van der Waals surface area contributed by atoms with Crippen LogP contribution in [0.25, 0.3) is 0 Å². The lowest BCUT2D eigenvalue weighted by atomic mass is 10.1. The predicted molar refractivity (Wildman–Crippen MR) is 120 cm³/mol. The number of Topliss-reactive ketones (excluding diaryl/α,β-unsaturated/α-hetero) is 1. The van der Waals surface area contributed by atoms with Crippen LogP contribution in [0.1, 0.15) is 40.3 Å². The molecule has 0 N–H and O–H groups in total. The summed E-state index contributed by atoms with van der Waals surface area (Å²) in [6.07, 6.45) is 1.22. The molecule has 0 amide bonds. The van der Waals surface area contributed by atoms with Gasteiger partial charge in [-0.05, 0) is 38.5 Å². The highest BCUT2D eigenvalue weighted by Gasteiger charge is 2.22. The van der Waals surface area contributed by atoms with Crippen LogP contribution in [0, 0.1) is 13.8 Å². The van der Waals surface area contributed by atoms with Crippen LogP contribution < -0.4 is 5.56 Å². The Balaban J connectivity index is 1.95. The van der Waals surface area contributed by atoms with Crippen molar-refractivity contribution in [3.63, 3.8) is 0 Å². The molecule has 0 radical (unpaired) electrons. The minimum absolute atomic E-state index is 0.0342. The van der Waals surface area contributed by atoms with E-state index in [-0.39, 0.29) is 23.3 Å². The summed E-state index contributed by atoms with van der Waals surface area (Å²) < 4.78 is 29.1. The Morgan fingerprint density at radius 2 is 1.71 bits per heavy atom. The summed E-state index contributed by atoms with van der Waals surface area (Å²) in [6.45, 7) is 5.67. The van der Waals surface area contributed by atoms with Gasteiger partial charge in [0.1, 0.15) is 0 Å². The van der Waals surface area contributed by atoms with Gasteiger partial charge in [0, 0.05) is 43.3 Å². The number of aromatic nitrogens is 2. The monoisotopic (exact) mass is 441 g/mol. The van der Waals surface area contributed by atoms with E-state index in [1.54, 1.807) is 0 Å². The highest BCUT2D eigenvalue weighted by molar-refractivity contribution is 7.89. The number of carbonyl (C=O) groups excluding carboxylic acids is 1. The maximum Gasteiger partial charge on any atom is 0.251 e. The molecule has 0 aliphatic rings. The molecule has 2 heterocycles. The van der Waals surface area contributed by atoms with Crippen molar-refractivity contribution in [2.75, 3.05) is 14.1 Å². The molecule has 0 bridgehead atoms. The van der Waals surface area contributed by atoms with E-state index in [9.17, 15) is 18.0 Å². The number of ketones is 1. The Kier molecular flexibility index (Phi) is 6.33. The van der Waals surface area contributed by atoms with Crippen molar-refractivity contribution in [2.45, 2.75) is 38.3 Å². The first kappa shape index (κ1) is 22.7. The molecule has 7 nitrogen and oxygen atoms in total. The lowest BCUT2D eigenvalue weighted by Crippen LogP contribution is -2.27. The zero-order chi connectivity index (χ0) is 22.9. The van der Waals surface area contributed by atoms with Gasteiger partial charge in [-0.1, -0.05) is 30.3 Å². The zero-order valence-electron chi connectivity index (χ0n) is 18.4. The summed E-state index contributed by atoms with van der Waals surface area (Å²) in [6, 6.07) is 14.3. The molecule has 3 rings (SSSR count). The van der Waals surface area contributed by atoms with E-state index in [4.69, 9.17) is 0 Å². The molecule has 3 aromatic rings. The number of hydrogen-bond acceptors (Lipinski definition) is 4. The molecule has 0 saturated carbocycles. The molecule has 0 aliphatic carbocycles. The smallest absolute Gasteiger partial charge is 0.251 e. The minimum atomic E-state index is -3.71. The van der Waals surface area contributed by atoms with Gasteiger partial charge in [-0.25, -0.2) is 12.7 Å². The number of carbonyl (C=O) groups is 1. The van der Waals surface area contributed by atoms with Crippen molar-refractivity contribution in [1.29, 1.82) is 0 Å². The third-order valence-electron chi connectivity index (χ3n) is 5.50. The van der Waals surface area contributed by atoms with Gasteiger partial charge in [-0.3, -0.25) is 9.59 Å². The number of rotatable bonds is 7. The third kappa shape index (κ3) is 4.40. The van der Waals surface area contributed by atoms with Crippen molar-refractivity contribution >= 4 is 15.8 Å².